The zero-order chi connectivity index (χ0) is 19.3. The van der Waals surface area contributed by atoms with Crippen molar-refractivity contribution in [1.29, 1.82) is 0 Å². The number of hydrazone groups is 1. The van der Waals surface area contributed by atoms with E-state index < -0.39 is 0 Å². The van der Waals surface area contributed by atoms with Gasteiger partial charge in [0.1, 0.15) is 11.5 Å². The average Bonchev–Trinajstić information content (AvgIpc) is 3.37. The van der Waals surface area contributed by atoms with Gasteiger partial charge in [0.05, 0.1) is 28.2 Å². The first-order valence-electron chi connectivity index (χ1n) is 8.83. The fourth-order valence-electron chi connectivity index (χ4n) is 3.71. The molecule has 0 N–H and O–H groups in total. The monoisotopic (exact) mass is 474 g/mol. The SMILES string of the molecule is COc1ccc([C@@H]2Oc3ccc(Cl)cc3[C@H]3CC(c4cccs4)=NN32)cc1Br. The van der Waals surface area contributed by atoms with E-state index in [1.807, 2.05) is 36.4 Å². The van der Waals surface area contributed by atoms with Gasteiger partial charge in [-0.15, -0.1) is 11.3 Å². The summed E-state index contributed by atoms with van der Waals surface area (Å²) in [7, 11) is 1.66. The first-order valence-corrected chi connectivity index (χ1v) is 10.9. The lowest BCUT2D eigenvalue weighted by Gasteiger charge is -2.38. The van der Waals surface area contributed by atoms with E-state index in [-0.39, 0.29) is 12.3 Å². The second kappa shape index (κ2) is 7.10. The van der Waals surface area contributed by atoms with Crippen LogP contribution in [0.3, 0.4) is 0 Å². The van der Waals surface area contributed by atoms with Gasteiger partial charge >= 0.3 is 0 Å². The van der Waals surface area contributed by atoms with E-state index in [0.717, 1.165) is 39.2 Å². The van der Waals surface area contributed by atoms with Gasteiger partial charge in [0.2, 0.25) is 6.23 Å². The van der Waals surface area contributed by atoms with Crippen LogP contribution in [0.2, 0.25) is 5.02 Å². The minimum absolute atomic E-state index is 0.0884. The molecule has 1 aromatic heterocycles. The lowest BCUT2D eigenvalue weighted by Crippen LogP contribution is -2.33. The van der Waals surface area contributed by atoms with Crippen LogP contribution in [0, 0.1) is 0 Å². The Morgan fingerprint density at radius 1 is 1.25 bits per heavy atom. The topological polar surface area (TPSA) is 34.1 Å². The second-order valence-electron chi connectivity index (χ2n) is 6.67. The Labute approximate surface area is 180 Å². The smallest absolute Gasteiger partial charge is 0.213 e. The normalized spacial score (nSPS) is 20.2. The van der Waals surface area contributed by atoms with Crippen molar-refractivity contribution < 1.29 is 9.47 Å². The van der Waals surface area contributed by atoms with E-state index in [1.165, 1.54) is 4.88 Å². The standard InChI is InChI=1S/C21H16BrClN2O2S/c1-26-19-6-4-12(9-15(19)22)21-25-17(11-16(24-25)20-3-2-8-28-20)14-10-13(23)5-7-18(14)27-21/h2-10,17,21H,11H2,1H3/t17-,21+/m1/s1. The van der Waals surface area contributed by atoms with Gasteiger partial charge in [-0.3, -0.25) is 0 Å². The Kier molecular flexibility index (Phi) is 4.57. The highest BCUT2D eigenvalue weighted by molar-refractivity contribution is 9.10. The summed E-state index contributed by atoms with van der Waals surface area (Å²) in [6.07, 6.45) is 0.503. The van der Waals surface area contributed by atoms with E-state index in [1.54, 1.807) is 18.4 Å². The van der Waals surface area contributed by atoms with E-state index in [9.17, 15) is 0 Å². The fourth-order valence-corrected chi connectivity index (χ4v) is 5.17. The summed E-state index contributed by atoms with van der Waals surface area (Å²) in [5, 5.41) is 9.80. The molecule has 0 unspecified atom stereocenters. The Morgan fingerprint density at radius 3 is 2.89 bits per heavy atom. The van der Waals surface area contributed by atoms with Crippen molar-refractivity contribution >= 4 is 44.6 Å². The van der Waals surface area contributed by atoms with Crippen molar-refractivity contribution in [3.05, 3.63) is 79.4 Å². The third-order valence-corrected chi connectivity index (χ3v) is 6.79. The summed E-state index contributed by atoms with van der Waals surface area (Å²) in [5.74, 6) is 1.64. The molecule has 3 heterocycles. The van der Waals surface area contributed by atoms with Gasteiger partial charge in [-0.05, 0) is 63.8 Å². The van der Waals surface area contributed by atoms with E-state index >= 15 is 0 Å². The molecule has 7 heteroatoms. The molecule has 142 valence electrons. The van der Waals surface area contributed by atoms with Crippen LogP contribution < -0.4 is 9.47 Å². The van der Waals surface area contributed by atoms with Crippen LogP contribution in [0.1, 0.15) is 34.7 Å². The summed E-state index contributed by atoms with van der Waals surface area (Å²) in [6, 6.07) is 16.0. The maximum atomic E-state index is 6.38. The third kappa shape index (κ3) is 3.00. The number of nitrogens with zero attached hydrogens (tertiary/aromatic N) is 2. The number of rotatable bonds is 3. The molecule has 0 bridgehead atoms. The molecule has 5 rings (SSSR count). The van der Waals surface area contributed by atoms with Crippen LogP contribution in [-0.4, -0.2) is 17.8 Å². The van der Waals surface area contributed by atoms with Gasteiger partial charge in [-0.2, -0.15) is 5.10 Å². The number of hydrogen-bond donors (Lipinski definition) is 0. The van der Waals surface area contributed by atoms with Crippen molar-refractivity contribution in [2.45, 2.75) is 18.7 Å². The third-order valence-electron chi connectivity index (χ3n) is 5.02. The van der Waals surface area contributed by atoms with Crippen LogP contribution >= 0.6 is 38.9 Å². The summed E-state index contributed by atoms with van der Waals surface area (Å²) in [5.41, 5.74) is 3.16. The fraction of sp³-hybridized carbons (Fsp3) is 0.190. The van der Waals surface area contributed by atoms with Crippen LogP contribution in [0.25, 0.3) is 0 Å². The molecular formula is C21H16BrClN2O2S. The Bertz CT molecular complexity index is 1070. The molecule has 0 saturated carbocycles. The zero-order valence-corrected chi connectivity index (χ0v) is 18.1. The van der Waals surface area contributed by atoms with Crippen LogP contribution in [0.5, 0.6) is 11.5 Å². The molecular weight excluding hydrogens is 460 g/mol. The van der Waals surface area contributed by atoms with Crippen LogP contribution in [0.4, 0.5) is 0 Å². The number of ether oxygens (including phenoxy) is 2. The average molecular weight is 476 g/mol. The quantitative estimate of drug-likeness (QED) is 0.438. The summed E-state index contributed by atoms with van der Waals surface area (Å²) in [6.45, 7) is 0. The van der Waals surface area contributed by atoms with E-state index in [2.05, 4.69) is 38.5 Å². The minimum Gasteiger partial charge on any atom is -0.496 e. The highest BCUT2D eigenvalue weighted by Crippen LogP contribution is 2.48. The molecule has 0 fully saturated rings. The largest absolute Gasteiger partial charge is 0.496 e. The molecule has 0 saturated heterocycles. The molecule has 0 radical (unpaired) electrons. The number of benzene rings is 2. The Balaban J connectivity index is 1.60. The number of thiophene rings is 1. The first kappa shape index (κ1) is 18.0. The number of methoxy groups -OCH3 is 1. The van der Waals surface area contributed by atoms with Crippen molar-refractivity contribution in [2.24, 2.45) is 5.10 Å². The van der Waals surface area contributed by atoms with E-state index in [0.29, 0.717) is 5.02 Å². The molecule has 2 aliphatic heterocycles. The summed E-state index contributed by atoms with van der Waals surface area (Å²) < 4.78 is 12.6. The molecule has 2 aromatic carbocycles. The van der Waals surface area contributed by atoms with Crippen LogP contribution in [-0.2, 0) is 0 Å². The predicted molar refractivity (Wildman–Crippen MR) is 116 cm³/mol. The number of hydrogen-bond acceptors (Lipinski definition) is 5. The second-order valence-corrected chi connectivity index (χ2v) is 8.91. The highest BCUT2D eigenvalue weighted by atomic mass is 79.9. The molecule has 0 amide bonds. The van der Waals surface area contributed by atoms with Crippen molar-refractivity contribution in [3.63, 3.8) is 0 Å². The zero-order valence-electron chi connectivity index (χ0n) is 14.9. The summed E-state index contributed by atoms with van der Waals surface area (Å²) in [4.78, 5) is 1.19. The molecule has 28 heavy (non-hydrogen) atoms. The van der Waals surface area contributed by atoms with Crippen molar-refractivity contribution in [3.8, 4) is 11.5 Å². The molecule has 4 nitrogen and oxygen atoms in total. The van der Waals surface area contributed by atoms with Gasteiger partial charge in [0.25, 0.3) is 0 Å². The molecule has 2 atom stereocenters. The lowest BCUT2D eigenvalue weighted by atomic mass is 9.97. The van der Waals surface area contributed by atoms with Crippen molar-refractivity contribution in [1.82, 2.24) is 5.01 Å². The molecule has 0 spiro atoms. The van der Waals surface area contributed by atoms with E-state index in [4.69, 9.17) is 26.2 Å². The first-order chi connectivity index (χ1) is 13.6. The lowest BCUT2D eigenvalue weighted by molar-refractivity contribution is -0.0190. The highest BCUT2D eigenvalue weighted by Gasteiger charge is 2.41. The number of halogens is 2. The minimum atomic E-state index is -0.321. The van der Waals surface area contributed by atoms with Gasteiger partial charge in [0, 0.05) is 22.6 Å². The van der Waals surface area contributed by atoms with Gasteiger partial charge in [0.15, 0.2) is 0 Å². The van der Waals surface area contributed by atoms with Gasteiger partial charge in [-0.1, -0.05) is 17.7 Å². The van der Waals surface area contributed by atoms with Crippen molar-refractivity contribution in [2.75, 3.05) is 7.11 Å². The Hall–Kier alpha value is -2.02. The Morgan fingerprint density at radius 2 is 2.14 bits per heavy atom. The van der Waals surface area contributed by atoms with Crippen LogP contribution in [0.15, 0.2) is 63.5 Å². The maximum absolute atomic E-state index is 6.38. The number of fused-ring (bicyclic) bond motifs is 3. The predicted octanol–water partition coefficient (Wildman–Crippen LogP) is 6.41. The van der Waals surface area contributed by atoms with Gasteiger partial charge < -0.3 is 9.47 Å². The maximum Gasteiger partial charge on any atom is 0.213 e. The summed E-state index contributed by atoms with van der Waals surface area (Å²) >= 11 is 11.6. The molecule has 3 aromatic rings. The van der Waals surface area contributed by atoms with Gasteiger partial charge in [-0.25, -0.2) is 5.01 Å². The molecule has 0 aliphatic carbocycles. The molecule has 2 aliphatic rings.